The van der Waals surface area contributed by atoms with Crippen LogP contribution in [0.25, 0.3) is 0 Å². The van der Waals surface area contributed by atoms with Crippen molar-refractivity contribution in [2.45, 2.75) is 49.5 Å². The first-order valence-electron chi connectivity index (χ1n) is 8.08. The Bertz CT molecular complexity index is 624. The highest BCUT2D eigenvalue weighted by Gasteiger charge is 2.28. The third-order valence-electron chi connectivity index (χ3n) is 4.72. The van der Waals surface area contributed by atoms with Gasteiger partial charge in [0.15, 0.2) is 0 Å². The van der Waals surface area contributed by atoms with Crippen LogP contribution in [-0.2, 0) is 16.4 Å². The summed E-state index contributed by atoms with van der Waals surface area (Å²) in [6.45, 7) is 1.05. The molecule has 122 valence electrons. The first-order valence-corrected chi connectivity index (χ1v) is 9.56. The van der Waals surface area contributed by atoms with E-state index in [0.717, 1.165) is 37.0 Å². The van der Waals surface area contributed by atoms with E-state index in [1.807, 2.05) is 0 Å². The number of rotatable bonds is 5. The number of hydrogen-bond acceptors (Lipinski definition) is 4. The average Bonchev–Trinajstić information content (AvgIpc) is 3.06. The van der Waals surface area contributed by atoms with E-state index in [-0.39, 0.29) is 6.04 Å². The van der Waals surface area contributed by atoms with Crippen molar-refractivity contribution >= 4 is 10.0 Å². The summed E-state index contributed by atoms with van der Waals surface area (Å²) in [5, 5.41) is 0. The fourth-order valence-electron chi connectivity index (χ4n) is 3.47. The Labute approximate surface area is 132 Å². The third-order valence-corrected chi connectivity index (χ3v) is 6.21. The average molecular weight is 324 g/mol. The summed E-state index contributed by atoms with van der Waals surface area (Å²) in [6.07, 6.45) is 6.24. The van der Waals surface area contributed by atoms with Gasteiger partial charge in [0.05, 0.1) is 11.5 Å². The molecule has 6 heteroatoms. The molecule has 1 aromatic carbocycles. The molecule has 3 rings (SSSR count). The molecule has 22 heavy (non-hydrogen) atoms. The lowest BCUT2D eigenvalue weighted by Gasteiger charge is -2.23. The summed E-state index contributed by atoms with van der Waals surface area (Å²) >= 11 is 0. The van der Waals surface area contributed by atoms with Crippen molar-refractivity contribution in [3.05, 3.63) is 23.8 Å². The number of benzene rings is 1. The van der Waals surface area contributed by atoms with E-state index in [0.29, 0.717) is 24.0 Å². The summed E-state index contributed by atoms with van der Waals surface area (Å²) in [4.78, 5) is 0.313. The molecule has 1 heterocycles. The number of sulfonamides is 1. The first kappa shape index (κ1) is 15.8. The summed E-state index contributed by atoms with van der Waals surface area (Å²) in [7, 11) is -3.53. The minimum Gasteiger partial charge on any atom is -0.493 e. The smallest absolute Gasteiger partial charge is 0.240 e. The molecule has 0 spiro atoms. The van der Waals surface area contributed by atoms with Gasteiger partial charge >= 0.3 is 0 Å². The van der Waals surface area contributed by atoms with Gasteiger partial charge in [-0.15, -0.1) is 0 Å². The van der Waals surface area contributed by atoms with Crippen LogP contribution in [0.4, 0.5) is 0 Å². The molecule has 0 bridgehead atoms. The van der Waals surface area contributed by atoms with E-state index in [9.17, 15) is 8.42 Å². The zero-order valence-corrected chi connectivity index (χ0v) is 13.6. The van der Waals surface area contributed by atoms with Gasteiger partial charge < -0.3 is 10.5 Å². The molecular weight excluding hydrogens is 300 g/mol. The largest absolute Gasteiger partial charge is 0.493 e. The lowest BCUT2D eigenvalue weighted by Crippen LogP contribution is -2.44. The van der Waals surface area contributed by atoms with Gasteiger partial charge in [-0.3, -0.25) is 0 Å². The van der Waals surface area contributed by atoms with Gasteiger partial charge in [-0.1, -0.05) is 12.8 Å². The van der Waals surface area contributed by atoms with Crippen molar-refractivity contribution in [3.63, 3.8) is 0 Å². The highest BCUT2D eigenvalue weighted by Crippen LogP contribution is 2.30. The second kappa shape index (κ2) is 6.56. The molecule has 1 aromatic rings. The molecule has 1 saturated carbocycles. The SMILES string of the molecule is NCC(NS(=O)(=O)c1ccc2c(c1)CCCO2)C1CCCC1. The quantitative estimate of drug-likeness (QED) is 0.865. The minimum atomic E-state index is -3.53. The molecule has 1 atom stereocenters. The van der Waals surface area contributed by atoms with Gasteiger partial charge in [0.25, 0.3) is 0 Å². The molecule has 1 aliphatic heterocycles. The number of nitrogens with one attached hydrogen (secondary N) is 1. The Balaban J connectivity index is 1.79. The Kier molecular flexibility index (Phi) is 4.70. The topological polar surface area (TPSA) is 81.4 Å². The van der Waals surface area contributed by atoms with Crippen LogP contribution in [0.2, 0.25) is 0 Å². The van der Waals surface area contributed by atoms with E-state index in [2.05, 4.69) is 4.72 Å². The minimum absolute atomic E-state index is 0.167. The van der Waals surface area contributed by atoms with Gasteiger partial charge in [0, 0.05) is 12.6 Å². The molecule has 1 fully saturated rings. The Morgan fingerprint density at radius 3 is 2.77 bits per heavy atom. The molecule has 3 N–H and O–H groups in total. The van der Waals surface area contributed by atoms with Crippen LogP contribution in [0.5, 0.6) is 5.75 Å². The van der Waals surface area contributed by atoms with Gasteiger partial charge in [-0.2, -0.15) is 0 Å². The zero-order valence-electron chi connectivity index (χ0n) is 12.8. The van der Waals surface area contributed by atoms with E-state index in [1.54, 1.807) is 18.2 Å². The van der Waals surface area contributed by atoms with Crippen molar-refractivity contribution in [2.75, 3.05) is 13.2 Å². The molecule has 0 saturated heterocycles. The molecule has 1 unspecified atom stereocenters. The van der Waals surface area contributed by atoms with Crippen molar-refractivity contribution in [3.8, 4) is 5.75 Å². The van der Waals surface area contributed by atoms with Crippen LogP contribution in [0.15, 0.2) is 23.1 Å². The maximum absolute atomic E-state index is 12.6. The Morgan fingerprint density at radius 2 is 2.05 bits per heavy atom. The second-order valence-electron chi connectivity index (χ2n) is 6.23. The maximum atomic E-state index is 12.6. The summed E-state index contributed by atoms with van der Waals surface area (Å²) in [5.41, 5.74) is 6.77. The summed E-state index contributed by atoms with van der Waals surface area (Å²) < 4.78 is 33.6. The number of hydrogen-bond donors (Lipinski definition) is 2. The lowest BCUT2D eigenvalue weighted by molar-refractivity contribution is 0.288. The van der Waals surface area contributed by atoms with Gasteiger partial charge in [-0.05, 0) is 55.4 Å². The Hall–Kier alpha value is -1.11. The van der Waals surface area contributed by atoms with Crippen LogP contribution in [0.1, 0.15) is 37.7 Å². The molecule has 2 aliphatic rings. The van der Waals surface area contributed by atoms with Gasteiger partial charge in [-0.25, -0.2) is 13.1 Å². The molecule has 5 nitrogen and oxygen atoms in total. The van der Waals surface area contributed by atoms with Crippen molar-refractivity contribution in [2.24, 2.45) is 11.7 Å². The number of ether oxygens (including phenoxy) is 1. The van der Waals surface area contributed by atoms with Crippen LogP contribution in [-0.4, -0.2) is 27.6 Å². The highest BCUT2D eigenvalue weighted by atomic mass is 32.2. The molecule has 0 amide bonds. The molecule has 0 aromatic heterocycles. The van der Waals surface area contributed by atoms with Crippen LogP contribution < -0.4 is 15.2 Å². The molecule has 1 aliphatic carbocycles. The number of aryl methyl sites for hydroxylation is 1. The normalized spacial score (nSPS) is 20.4. The zero-order chi connectivity index (χ0) is 15.6. The summed E-state index contributed by atoms with van der Waals surface area (Å²) in [5.74, 6) is 1.16. The molecule has 0 radical (unpaired) electrons. The second-order valence-corrected chi connectivity index (χ2v) is 7.94. The Morgan fingerprint density at radius 1 is 1.27 bits per heavy atom. The fraction of sp³-hybridized carbons (Fsp3) is 0.625. The van der Waals surface area contributed by atoms with E-state index >= 15 is 0 Å². The predicted octanol–water partition coefficient (Wildman–Crippen LogP) is 1.81. The van der Waals surface area contributed by atoms with E-state index in [1.165, 1.54) is 12.8 Å². The number of fused-ring (bicyclic) bond motifs is 1. The highest BCUT2D eigenvalue weighted by molar-refractivity contribution is 7.89. The van der Waals surface area contributed by atoms with Crippen LogP contribution in [0.3, 0.4) is 0 Å². The fourth-order valence-corrected chi connectivity index (χ4v) is 4.84. The van der Waals surface area contributed by atoms with Gasteiger partial charge in [0.2, 0.25) is 10.0 Å². The first-order chi connectivity index (χ1) is 10.6. The third kappa shape index (κ3) is 3.29. The van der Waals surface area contributed by atoms with E-state index < -0.39 is 10.0 Å². The summed E-state index contributed by atoms with van der Waals surface area (Å²) in [6, 6.07) is 4.95. The van der Waals surface area contributed by atoms with Crippen molar-refractivity contribution < 1.29 is 13.2 Å². The maximum Gasteiger partial charge on any atom is 0.240 e. The van der Waals surface area contributed by atoms with Gasteiger partial charge in [0.1, 0.15) is 5.75 Å². The standard InChI is InChI=1S/C16H24N2O3S/c17-11-15(12-4-1-2-5-12)18-22(19,20)14-7-8-16-13(10-14)6-3-9-21-16/h7-8,10,12,15,18H,1-6,9,11,17H2. The van der Waals surface area contributed by atoms with Crippen LogP contribution >= 0.6 is 0 Å². The number of nitrogens with two attached hydrogens (primary N) is 1. The van der Waals surface area contributed by atoms with Crippen LogP contribution in [0, 0.1) is 5.92 Å². The predicted molar refractivity (Wildman–Crippen MR) is 85.4 cm³/mol. The molecular formula is C16H24N2O3S. The van der Waals surface area contributed by atoms with Crippen molar-refractivity contribution in [1.29, 1.82) is 0 Å². The van der Waals surface area contributed by atoms with Crippen molar-refractivity contribution in [1.82, 2.24) is 4.72 Å². The lowest BCUT2D eigenvalue weighted by atomic mass is 9.99. The van der Waals surface area contributed by atoms with E-state index in [4.69, 9.17) is 10.5 Å². The monoisotopic (exact) mass is 324 g/mol.